The van der Waals surface area contributed by atoms with Gasteiger partial charge in [0.25, 0.3) is 5.91 Å². The predicted molar refractivity (Wildman–Crippen MR) is 61.6 cm³/mol. The zero-order chi connectivity index (χ0) is 12.8. The summed E-state index contributed by atoms with van der Waals surface area (Å²) in [5.41, 5.74) is 5.78. The SMILES string of the molecule is NCCn1cnc(C(=O)NCCc2ncno2)c1. The number of amides is 1. The highest BCUT2D eigenvalue weighted by Crippen LogP contribution is 1.96. The van der Waals surface area contributed by atoms with Crippen molar-refractivity contribution in [3.05, 3.63) is 30.4 Å². The molecule has 0 atom stereocenters. The number of carbonyl (C=O) groups excluding carboxylic acids is 1. The van der Waals surface area contributed by atoms with E-state index in [0.29, 0.717) is 37.6 Å². The normalized spacial score (nSPS) is 10.5. The highest BCUT2D eigenvalue weighted by Gasteiger charge is 2.09. The van der Waals surface area contributed by atoms with E-state index in [2.05, 4.69) is 20.4 Å². The second-order valence-corrected chi connectivity index (χ2v) is 3.63. The Kier molecular flexibility index (Phi) is 4.02. The lowest BCUT2D eigenvalue weighted by Gasteiger charge is -2.00. The molecule has 0 fully saturated rings. The van der Waals surface area contributed by atoms with Crippen molar-refractivity contribution in [2.45, 2.75) is 13.0 Å². The first-order chi connectivity index (χ1) is 8.79. The van der Waals surface area contributed by atoms with Crippen LogP contribution >= 0.6 is 0 Å². The Balaban J connectivity index is 1.80. The molecule has 96 valence electrons. The first-order valence-corrected chi connectivity index (χ1v) is 5.55. The molecule has 2 aromatic heterocycles. The van der Waals surface area contributed by atoms with Crippen LogP contribution in [0.3, 0.4) is 0 Å². The van der Waals surface area contributed by atoms with E-state index >= 15 is 0 Å². The first-order valence-electron chi connectivity index (χ1n) is 5.55. The van der Waals surface area contributed by atoms with Crippen LogP contribution in [0.5, 0.6) is 0 Å². The minimum atomic E-state index is -0.231. The van der Waals surface area contributed by atoms with Gasteiger partial charge in [-0.2, -0.15) is 4.98 Å². The summed E-state index contributed by atoms with van der Waals surface area (Å²) in [7, 11) is 0. The van der Waals surface area contributed by atoms with Gasteiger partial charge in [0.15, 0.2) is 6.33 Å². The van der Waals surface area contributed by atoms with E-state index in [1.54, 1.807) is 17.1 Å². The molecule has 0 aliphatic carbocycles. The lowest BCUT2D eigenvalue weighted by molar-refractivity contribution is 0.0949. The summed E-state index contributed by atoms with van der Waals surface area (Å²) in [6.45, 7) is 1.57. The Morgan fingerprint density at radius 2 is 2.39 bits per heavy atom. The van der Waals surface area contributed by atoms with Crippen LogP contribution in [0.25, 0.3) is 0 Å². The Morgan fingerprint density at radius 1 is 1.50 bits per heavy atom. The van der Waals surface area contributed by atoms with Crippen LogP contribution in [0.15, 0.2) is 23.4 Å². The summed E-state index contributed by atoms with van der Waals surface area (Å²) in [4.78, 5) is 19.6. The fraction of sp³-hybridized carbons (Fsp3) is 0.400. The summed E-state index contributed by atoms with van der Waals surface area (Å²) in [6, 6.07) is 0. The van der Waals surface area contributed by atoms with E-state index < -0.39 is 0 Å². The number of carbonyl (C=O) groups is 1. The van der Waals surface area contributed by atoms with Crippen LogP contribution in [-0.4, -0.2) is 38.7 Å². The molecule has 0 radical (unpaired) electrons. The molecule has 0 unspecified atom stereocenters. The monoisotopic (exact) mass is 250 g/mol. The maximum Gasteiger partial charge on any atom is 0.271 e. The Hall–Kier alpha value is -2.22. The lowest BCUT2D eigenvalue weighted by atomic mass is 10.4. The van der Waals surface area contributed by atoms with Crippen molar-refractivity contribution >= 4 is 5.91 Å². The molecule has 0 saturated carbocycles. The summed E-state index contributed by atoms with van der Waals surface area (Å²) in [5, 5.41) is 6.19. The molecule has 0 aliphatic rings. The molecule has 0 bridgehead atoms. The minimum absolute atomic E-state index is 0.231. The maximum atomic E-state index is 11.7. The van der Waals surface area contributed by atoms with E-state index in [0.717, 1.165) is 0 Å². The van der Waals surface area contributed by atoms with Gasteiger partial charge in [-0.05, 0) is 0 Å². The van der Waals surface area contributed by atoms with Crippen molar-refractivity contribution in [1.29, 1.82) is 0 Å². The summed E-state index contributed by atoms with van der Waals surface area (Å²) >= 11 is 0. The number of aromatic nitrogens is 4. The Labute approximate surface area is 103 Å². The van der Waals surface area contributed by atoms with Crippen molar-refractivity contribution in [3.8, 4) is 0 Å². The zero-order valence-corrected chi connectivity index (χ0v) is 9.74. The predicted octanol–water partition coefficient (Wildman–Crippen LogP) is -0.803. The molecule has 3 N–H and O–H groups in total. The van der Waals surface area contributed by atoms with Crippen LogP contribution < -0.4 is 11.1 Å². The van der Waals surface area contributed by atoms with Crippen LogP contribution in [0.4, 0.5) is 0 Å². The number of hydrogen-bond acceptors (Lipinski definition) is 6. The molecule has 1 amide bonds. The molecule has 0 aliphatic heterocycles. The van der Waals surface area contributed by atoms with Gasteiger partial charge in [0.2, 0.25) is 5.89 Å². The van der Waals surface area contributed by atoms with Gasteiger partial charge in [-0.3, -0.25) is 4.79 Å². The van der Waals surface area contributed by atoms with Gasteiger partial charge in [-0.1, -0.05) is 5.16 Å². The van der Waals surface area contributed by atoms with Gasteiger partial charge in [0.1, 0.15) is 5.69 Å². The van der Waals surface area contributed by atoms with E-state index in [-0.39, 0.29) is 5.91 Å². The Morgan fingerprint density at radius 3 is 3.11 bits per heavy atom. The van der Waals surface area contributed by atoms with Gasteiger partial charge in [0.05, 0.1) is 6.33 Å². The van der Waals surface area contributed by atoms with E-state index in [4.69, 9.17) is 10.3 Å². The molecule has 18 heavy (non-hydrogen) atoms. The van der Waals surface area contributed by atoms with Gasteiger partial charge in [0, 0.05) is 32.3 Å². The number of imidazole rings is 1. The third-order valence-electron chi connectivity index (χ3n) is 2.28. The van der Waals surface area contributed by atoms with Crippen LogP contribution in [0.2, 0.25) is 0 Å². The molecule has 0 spiro atoms. The lowest BCUT2D eigenvalue weighted by Crippen LogP contribution is -2.26. The minimum Gasteiger partial charge on any atom is -0.350 e. The number of nitrogens with two attached hydrogens (primary N) is 1. The fourth-order valence-electron chi connectivity index (χ4n) is 1.43. The summed E-state index contributed by atoms with van der Waals surface area (Å²) in [5.74, 6) is 0.259. The fourth-order valence-corrected chi connectivity index (χ4v) is 1.43. The second-order valence-electron chi connectivity index (χ2n) is 3.63. The number of hydrogen-bond donors (Lipinski definition) is 2. The van der Waals surface area contributed by atoms with E-state index in [1.807, 2.05) is 0 Å². The average Bonchev–Trinajstić information content (AvgIpc) is 3.00. The Bertz CT molecular complexity index is 492. The zero-order valence-electron chi connectivity index (χ0n) is 9.74. The number of nitrogens with zero attached hydrogens (tertiary/aromatic N) is 4. The molecule has 8 nitrogen and oxygen atoms in total. The van der Waals surface area contributed by atoms with Crippen molar-refractivity contribution in [2.24, 2.45) is 5.73 Å². The van der Waals surface area contributed by atoms with Crippen molar-refractivity contribution in [1.82, 2.24) is 25.0 Å². The van der Waals surface area contributed by atoms with Crippen LogP contribution in [0, 0.1) is 0 Å². The van der Waals surface area contributed by atoms with E-state index in [1.165, 1.54) is 6.33 Å². The molecule has 2 heterocycles. The standard InChI is InChI=1S/C10H14N6O2/c11-2-4-16-5-8(14-7-16)10(17)12-3-1-9-13-6-15-18-9/h5-7H,1-4,11H2,(H,12,17). The molecule has 2 rings (SSSR count). The average molecular weight is 250 g/mol. The third kappa shape index (κ3) is 3.14. The number of rotatable bonds is 6. The van der Waals surface area contributed by atoms with Gasteiger partial charge in [-0.25, -0.2) is 4.98 Å². The molecule has 2 aromatic rings. The highest BCUT2D eigenvalue weighted by molar-refractivity contribution is 5.91. The molecule has 0 saturated heterocycles. The third-order valence-corrected chi connectivity index (χ3v) is 2.28. The van der Waals surface area contributed by atoms with E-state index in [9.17, 15) is 4.79 Å². The van der Waals surface area contributed by atoms with Gasteiger partial charge >= 0.3 is 0 Å². The molecular formula is C10H14N6O2. The van der Waals surface area contributed by atoms with Crippen molar-refractivity contribution in [2.75, 3.05) is 13.1 Å². The second kappa shape index (κ2) is 5.92. The quantitative estimate of drug-likeness (QED) is 0.694. The molecule has 0 aromatic carbocycles. The maximum absolute atomic E-state index is 11.7. The number of nitrogens with one attached hydrogen (secondary N) is 1. The summed E-state index contributed by atoms with van der Waals surface area (Å²) < 4.78 is 6.58. The first kappa shape index (κ1) is 12.2. The molecule has 8 heteroatoms. The van der Waals surface area contributed by atoms with Gasteiger partial charge < -0.3 is 20.1 Å². The van der Waals surface area contributed by atoms with Gasteiger partial charge in [-0.15, -0.1) is 0 Å². The van der Waals surface area contributed by atoms with Crippen molar-refractivity contribution in [3.63, 3.8) is 0 Å². The van der Waals surface area contributed by atoms with Crippen LogP contribution in [-0.2, 0) is 13.0 Å². The highest BCUT2D eigenvalue weighted by atomic mass is 16.5. The van der Waals surface area contributed by atoms with Crippen molar-refractivity contribution < 1.29 is 9.32 Å². The summed E-state index contributed by atoms with van der Waals surface area (Å²) in [6.07, 6.45) is 5.07. The topological polar surface area (TPSA) is 112 Å². The largest absolute Gasteiger partial charge is 0.350 e. The smallest absolute Gasteiger partial charge is 0.271 e. The van der Waals surface area contributed by atoms with Crippen LogP contribution in [0.1, 0.15) is 16.4 Å². The molecular weight excluding hydrogens is 236 g/mol.